The number of nitrogens with zero attached hydrogens (tertiary/aromatic N) is 1. The molecule has 4 rings (SSSR count). The van der Waals surface area contributed by atoms with E-state index in [1.165, 1.54) is 4.90 Å². The van der Waals surface area contributed by atoms with Gasteiger partial charge in [-0.1, -0.05) is 13.8 Å². The third-order valence-electron chi connectivity index (χ3n) is 7.19. The highest BCUT2D eigenvalue weighted by molar-refractivity contribution is 5.91. The number of aldehydes is 1. The number of ether oxygens (including phenoxy) is 1. The Kier molecular flexibility index (Phi) is 6.11. The van der Waals surface area contributed by atoms with Crippen molar-refractivity contribution in [2.45, 2.75) is 38.8 Å². The van der Waals surface area contributed by atoms with Crippen molar-refractivity contribution in [3.8, 4) is 5.75 Å². The second-order valence-electron chi connectivity index (χ2n) is 9.60. The summed E-state index contributed by atoms with van der Waals surface area (Å²) in [4.78, 5) is 50.9. The van der Waals surface area contributed by atoms with Gasteiger partial charge in [-0.3, -0.25) is 14.4 Å². The number of piperidine rings is 1. The molecule has 2 saturated heterocycles. The van der Waals surface area contributed by atoms with E-state index in [-0.39, 0.29) is 41.2 Å². The number of hydrogen-bond acceptors (Lipinski definition) is 5. The molecule has 33 heavy (non-hydrogen) atoms. The molecule has 1 aromatic carbocycles. The van der Waals surface area contributed by atoms with Gasteiger partial charge in [0.15, 0.2) is 6.61 Å². The molecule has 1 aromatic rings. The lowest BCUT2D eigenvalue weighted by Gasteiger charge is -2.31. The van der Waals surface area contributed by atoms with Gasteiger partial charge in [0.1, 0.15) is 29.7 Å². The van der Waals surface area contributed by atoms with Crippen molar-refractivity contribution >= 4 is 24.0 Å². The Bertz CT molecular complexity index is 965. The van der Waals surface area contributed by atoms with E-state index < -0.39 is 42.1 Å². The molecule has 178 valence electrons. The normalized spacial score (nSPS) is 28.0. The summed E-state index contributed by atoms with van der Waals surface area (Å²) in [6.45, 7) is 4.46. The predicted octanol–water partition coefficient (Wildman–Crippen LogP) is 1.04. The van der Waals surface area contributed by atoms with Crippen molar-refractivity contribution in [1.29, 1.82) is 0 Å². The lowest BCUT2D eigenvalue weighted by molar-refractivity contribution is -0.142. The number of hydrogen-bond donors (Lipinski definition) is 2. The molecule has 2 N–H and O–H groups in total. The number of amides is 3. The summed E-state index contributed by atoms with van der Waals surface area (Å²) < 4.78 is 32.0. The summed E-state index contributed by atoms with van der Waals surface area (Å²) in [5, 5.41) is 5.41. The Labute approximate surface area is 190 Å². The smallest absolute Gasteiger partial charge is 0.261 e. The van der Waals surface area contributed by atoms with Crippen LogP contribution in [0.15, 0.2) is 18.2 Å². The quantitative estimate of drug-likeness (QED) is 0.561. The van der Waals surface area contributed by atoms with Gasteiger partial charge >= 0.3 is 0 Å². The van der Waals surface area contributed by atoms with E-state index in [0.29, 0.717) is 31.9 Å². The molecular weight excluding hydrogens is 436 g/mol. The standard InChI is InChI=1S/C23H27F2N3O5/c1-23(2)17-9-28(18(30)11-33-16-7-13(24)6-14(25)8-16)20(19(17)23)22(32)27-15(10-29)5-12-3-4-26-21(12)31/h6-8,10,12,15,17,19-20H,3-5,9,11H2,1-2H3,(H,26,31)(H,27,32)/t12-,15-,17-,19-,20-/m0/s1. The molecular formula is C23H27F2N3O5. The summed E-state index contributed by atoms with van der Waals surface area (Å²) in [5.74, 6) is -3.13. The fourth-order valence-electron chi connectivity index (χ4n) is 5.28. The van der Waals surface area contributed by atoms with Gasteiger partial charge < -0.3 is 25.1 Å². The molecule has 0 unspecified atom stereocenters. The number of halogens is 2. The molecule has 0 aromatic heterocycles. The molecule has 3 aliphatic rings. The third-order valence-corrected chi connectivity index (χ3v) is 7.19. The van der Waals surface area contributed by atoms with Crippen LogP contribution in [0.3, 0.4) is 0 Å². The van der Waals surface area contributed by atoms with Crippen molar-refractivity contribution < 1.29 is 32.7 Å². The molecule has 5 atom stereocenters. The van der Waals surface area contributed by atoms with Crippen LogP contribution in [-0.2, 0) is 19.2 Å². The van der Waals surface area contributed by atoms with Crippen LogP contribution in [0, 0.1) is 34.8 Å². The van der Waals surface area contributed by atoms with Gasteiger partial charge in [-0.05, 0) is 30.1 Å². The van der Waals surface area contributed by atoms with Crippen LogP contribution in [0.2, 0.25) is 0 Å². The molecule has 2 heterocycles. The Morgan fingerprint density at radius 3 is 2.61 bits per heavy atom. The van der Waals surface area contributed by atoms with Crippen molar-refractivity contribution in [2.75, 3.05) is 19.7 Å². The second-order valence-corrected chi connectivity index (χ2v) is 9.60. The molecule has 0 bridgehead atoms. The number of carbonyl (C=O) groups excluding carboxylic acids is 4. The highest BCUT2D eigenvalue weighted by Crippen LogP contribution is 2.64. The van der Waals surface area contributed by atoms with Crippen LogP contribution in [0.4, 0.5) is 8.78 Å². The van der Waals surface area contributed by atoms with Crippen LogP contribution in [0.1, 0.15) is 26.7 Å². The maximum atomic E-state index is 13.4. The Morgan fingerprint density at radius 1 is 1.30 bits per heavy atom. The summed E-state index contributed by atoms with van der Waals surface area (Å²) in [5.41, 5.74) is -0.132. The summed E-state index contributed by atoms with van der Waals surface area (Å²) in [7, 11) is 0. The van der Waals surface area contributed by atoms with Gasteiger partial charge in [-0.2, -0.15) is 0 Å². The summed E-state index contributed by atoms with van der Waals surface area (Å²) >= 11 is 0. The SMILES string of the molecule is CC1(C)[C@@H]2[C@@H](C(=O)N[C@H](C=O)C[C@@H]3CCNC3=O)N(C(=O)COc3cc(F)cc(F)c3)C[C@@H]21. The van der Waals surface area contributed by atoms with Crippen molar-refractivity contribution in [3.05, 3.63) is 29.8 Å². The van der Waals surface area contributed by atoms with Gasteiger partial charge in [0.2, 0.25) is 11.8 Å². The molecule has 1 aliphatic carbocycles. The molecule has 10 heteroatoms. The fraction of sp³-hybridized carbons (Fsp3) is 0.565. The first-order valence-corrected chi connectivity index (χ1v) is 11.0. The Hall–Kier alpha value is -3.04. The number of likely N-dealkylation sites (tertiary alicyclic amines) is 1. The van der Waals surface area contributed by atoms with E-state index in [2.05, 4.69) is 10.6 Å². The molecule has 0 spiro atoms. The van der Waals surface area contributed by atoms with E-state index in [1.54, 1.807) is 0 Å². The van der Waals surface area contributed by atoms with Crippen molar-refractivity contribution in [2.24, 2.45) is 23.2 Å². The zero-order valence-corrected chi connectivity index (χ0v) is 18.5. The van der Waals surface area contributed by atoms with E-state index in [4.69, 9.17) is 4.74 Å². The van der Waals surface area contributed by atoms with Gasteiger partial charge in [0.05, 0.1) is 6.04 Å². The minimum atomic E-state index is -0.837. The molecule has 2 aliphatic heterocycles. The van der Waals surface area contributed by atoms with E-state index in [1.807, 2.05) is 13.8 Å². The van der Waals surface area contributed by atoms with E-state index in [9.17, 15) is 28.0 Å². The predicted molar refractivity (Wildman–Crippen MR) is 112 cm³/mol. The van der Waals surface area contributed by atoms with Crippen LogP contribution >= 0.6 is 0 Å². The average Bonchev–Trinajstić information content (AvgIpc) is 3.11. The van der Waals surface area contributed by atoms with E-state index in [0.717, 1.165) is 12.1 Å². The van der Waals surface area contributed by atoms with Gasteiger partial charge in [-0.25, -0.2) is 8.78 Å². The fourth-order valence-corrected chi connectivity index (χ4v) is 5.28. The van der Waals surface area contributed by atoms with E-state index >= 15 is 0 Å². The molecule has 3 amide bonds. The number of nitrogens with one attached hydrogen (secondary N) is 2. The lowest BCUT2D eigenvalue weighted by atomic mass is 9.97. The van der Waals surface area contributed by atoms with Crippen LogP contribution in [-0.4, -0.2) is 60.7 Å². The Morgan fingerprint density at radius 2 is 2.00 bits per heavy atom. The van der Waals surface area contributed by atoms with Gasteiger partial charge in [0, 0.05) is 37.2 Å². The number of fused-ring (bicyclic) bond motifs is 1. The van der Waals surface area contributed by atoms with Gasteiger partial charge in [-0.15, -0.1) is 0 Å². The van der Waals surface area contributed by atoms with Crippen LogP contribution in [0.5, 0.6) is 5.75 Å². The number of benzene rings is 1. The van der Waals surface area contributed by atoms with Crippen molar-refractivity contribution in [1.82, 2.24) is 15.5 Å². The zero-order valence-electron chi connectivity index (χ0n) is 18.5. The first-order valence-electron chi connectivity index (χ1n) is 11.0. The van der Waals surface area contributed by atoms with Crippen LogP contribution in [0.25, 0.3) is 0 Å². The first kappa shape index (κ1) is 23.1. The molecule has 8 nitrogen and oxygen atoms in total. The second kappa shape index (κ2) is 8.72. The van der Waals surface area contributed by atoms with Gasteiger partial charge in [0.25, 0.3) is 5.91 Å². The zero-order chi connectivity index (χ0) is 23.9. The number of rotatable bonds is 8. The van der Waals surface area contributed by atoms with Crippen LogP contribution < -0.4 is 15.4 Å². The lowest BCUT2D eigenvalue weighted by Crippen LogP contribution is -2.53. The maximum Gasteiger partial charge on any atom is 0.261 e. The average molecular weight is 463 g/mol. The molecule has 3 fully saturated rings. The minimum absolute atomic E-state index is 0.0739. The minimum Gasteiger partial charge on any atom is -0.484 e. The Balaban J connectivity index is 1.42. The maximum absolute atomic E-state index is 13.4. The highest BCUT2D eigenvalue weighted by atomic mass is 19.1. The third kappa shape index (κ3) is 4.56. The largest absolute Gasteiger partial charge is 0.484 e. The molecule has 1 saturated carbocycles. The monoisotopic (exact) mass is 463 g/mol. The summed E-state index contributed by atoms with van der Waals surface area (Å²) in [6.07, 6.45) is 1.41. The molecule has 0 radical (unpaired) electrons. The highest BCUT2D eigenvalue weighted by Gasteiger charge is 2.69. The summed E-state index contributed by atoms with van der Waals surface area (Å²) in [6, 6.07) is 1.02. The number of carbonyl (C=O) groups is 4. The topological polar surface area (TPSA) is 105 Å². The van der Waals surface area contributed by atoms with Crippen molar-refractivity contribution in [3.63, 3.8) is 0 Å². The first-order chi connectivity index (χ1) is 15.6.